The third-order valence-electron chi connectivity index (χ3n) is 2.32. The second kappa shape index (κ2) is 4.42. The van der Waals surface area contributed by atoms with E-state index in [9.17, 15) is 22.0 Å². The highest BCUT2D eigenvalue weighted by Crippen LogP contribution is 2.39. The van der Waals surface area contributed by atoms with Crippen molar-refractivity contribution in [1.82, 2.24) is 0 Å². The first kappa shape index (κ1) is 14.2. The number of rotatable bonds is 2. The van der Waals surface area contributed by atoms with Crippen LogP contribution in [0.15, 0.2) is 18.2 Å². The molecule has 2 N–H and O–H groups in total. The highest BCUT2D eigenvalue weighted by atomic mass is 35.5. The number of alkyl halides is 5. The van der Waals surface area contributed by atoms with Crippen LogP contribution < -0.4 is 5.73 Å². The van der Waals surface area contributed by atoms with Crippen molar-refractivity contribution in [1.29, 1.82) is 0 Å². The average molecular weight is 274 g/mol. The number of benzene rings is 1. The maximum absolute atomic E-state index is 12.7. The van der Waals surface area contributed by atoms with Gasteiger partial charge in [0.2, 0.25) is 0 Å². The van der Waals surface area contributed by atoms with Gasteiger partial charge in [0, 0.05) is 5.02 Å². The molecule has 0 aliphatic rings. The van der Waals surface area contributed by atoms with Gasteiger partial charge in [-0.1, -0.05) is 17.7 Å². The molecule has 0 saturated heterocycles. The van der Waals surface area contributed by atoms with Gasteiger partial charge in [0.15, 0.2) is 0 Å². The van der Waals surface area contributed by atoms with Gasteiger partial charge in [-0.15, -0.1) is 0 Å². The molecule has 1 aromatic rings. The molecule has 0 aromatic heterocycles. The molecule has 0 spiro atoms. The highest BCUT2D eigenvalue weighted by molar-refractivity contribution is 6.30. The minimum Gasteiger partial charge on any atom is -0.317 e. The summed E-state index contributed by atoms with van der Waals surface area (Å²) < 4.78 is 63.3. The van der Waals surface area contributed by atoms with Crippen molar-refractivity contribution in [2.75, 3.05) is 0 Å². The van der Waals surface area contributed by atoms with Crippen LogP contribution >= 0.6 is 11.6 Å². The Labute approximate surface area is 99.4 Å². The van der Waals surface area contributed by atoms with Gasteiger partial charge in [-0.25, -0.2) is 8.78 Å². The van der Waals surface area contributed by atoms with Crippen LogP contribution in [-0.4, -0.2) is 6.43 Å². The minimum atomic E-state index is -4.78. The summed E-state index contributed by atoms with van der Waals surface area (Å²) in [6.45, 7) is 0.843. The Morgan fingerprint density at radius 1 is 1.18 bits per heavy atom. The Bertz CT molecular complexity index is 414. The SMILES string of the molecule is CC(N)(c1ccc(Cl)cc1C(F)(F)F)C(F)F. The van der Waals surface area contributed by atoms with E-state index in [-0.39, 0.29) is 5.02 Å². The van der Waals surface area contributed by atoms with Crippen molar-refractivity contribution in [3.63, 3.8) is 0 Å². The van der Waals surface area contributed by atoms with Crippen molar-refractivity contribution < 1.29 is 22.0 Å². The smallest absolute Gasteiger partial charge is 0.317 e. The molecule has 1 rings (SSSR count). The first-order chi connectivity index (χ1) is 7.56. The summed E-state index contributed by atoms with van der Waals surface area (Å²) in [5.74, 6) is 0. The molecule has 7 heteroatoms. The summed E-state index contributed by atoms with van der Waals surface area (Å²) in [7, 11) is 0. The van der Waals surface area contributed by atoms with Gasteiger partial charge >= 0.3 is 6.18 Å². The molecule has 0 bridgehead atoms. The van der Waals surface area contributed by atoms with Crippen molar-refractivity contribution in [2.24, 2.45) is 5.73 Å². The van der Waals surface area contributed by atoms with Crippen LogP contribution in [0.4, 0.5) is 22.0 Å². The van der Waals surface area contributed by atoms with E-state index in [0.29, 0.717) is 6.07 Å². The lowest BCUT2D eigenvalue weighted by Crippen LogP contribution is -2.42. The molecule has 0 aliphatic carbocycles. The van der Waals surface area contributed by atoms with Crippen LogP contribution in [0.25, 0.3) is 0 Å². The standard InChI is InChI=1S/C10H9ClF5N/c1-9(17,8(12)13)6-3-2-5(11)4-7(6)10(14,15)16/h2-4,8H,17H2,1H3. The summed E-state index contributed by atoms with van der Waals surface area (Å²) >= 11 is 5.42. The first-order valence-electron chi connectivity index (χ1n) is 4.51. The van der Waals surface area contributed by atoms with Crippen LogP contribution in [0.5, 0.6) is 0 Å². The average Bonchev–Trinajstić information content (AvgIpc) is 2.15. The molecule has 96 valence electrons. The Morgan fingerprint density at radius 2 is 1.71 bits per heavy atom. The van der Waals surface area contributed by atoms with Gasteiger partial charge in [-0.3, -0.25) is 0 Å². The molecular formula is C10H9ClF5N. The van der Waals surface area contributed by atoms with E-state index < -0.39 is 29.3 Å². The van der Waals surface area contributed by atoms with Crippen LogP contribution in [0, 0.1) is 0 Å². The molecule has 1 aromatic carbocycles. The number of hydrogen-bond acceptors (Lipinski definition) is 1. The van der Waals surface area contributed by atoms with E-state index in [1.54, 1.807) is 0 Å². The van der Waals surface area contributed by atoms with Crippen LogP contribution in [-0.2, 0) is 11.7 Å². The summed E-state index contributed by atoms with van der Waals surface area (Å²) in [5, 5.41) is -0.189. The van der Waals surface area contributed by atoms with Gasteiger partial charge in [0.05, 0.1) is 5.56 Å². The Hall–Kier alpha value is -0.880. The maximum Gasteiger partial charge on any atom is 0.416 e. The quantitative estimate of drug-likeness (QED) is 0.815. The molecule has 0 saturated carbocycles. The molecule has 1 unspecified atom stereocenters. The van der Waals surface area contributed by atoms with Gasteiger partial charge in [0.1, 0.15) is 5.54 Å². The summed E-state index contributed by atoms with van der Waals surface area (Å²) in [4.78, 5) is 0. The van der Waals surface area contributed by atoms with Gasteiger partial charge in [-0.05, 0) is 24.6 Å². The van der Waals surface area contributed by atoms with Crippen molar-refractivity contribution >= 4 is 11.6 Å². The Kier molecular flexibility index (Phi) is 3.69. The molecule has 0 fully saturated rings. The second-order valence-corrected chi connectivity index (χ2v) is 4.21. The zero-order chi connectivity index (χ0) is 13.4. The normalized spacial score (nSPS) is 16.1. The molecule has 0 heterocycles. The molecular weight excluding hydrogens is 265 g/mol. The lowest BCUT2D eigenvalue weighted by molar-refractivity contribution is -0.139. The zero-order valence-corrected chi connectivity index (χ0v) is 9.41. The topological polar surface area (TPSA) is 26.0 Å². The highest BCUT2D eigenvalue weighted by Gasteiger charge is 2.42. The van der Waals surface area contributed by atoms with Gasteiger partial charge in [-0.2, -0.15) is 13.2 Å². The van der Waals surface area contributed by atoms with E-state index in [1.807, 2.05) is 0 Å². The van der Waals surface area contributed by atoms with Crippen molar-refractivity contribution in [3.8, 4) is 0 Å². The predicted molar refractivity (Wildman–Crippen MR) is 54.0 cm³/mol. The molecule has 0 radical (unpaired) electrons. The molecule has 17 heavy (non-hydrogen) atoms. The monoisotopic (exact) mass is 273 g/mol. The largest absolute Gasteiger partial charge is 0.416 e. The van der Waals surface area contributed by atoms with E-state index in [0.717, 1.165) is 19.1 Å². The van der Waals surface area contributed by atoms with E-state index in [1.165, 1.54) is 0 Å². The maximum atomic E-state index is 12.7. The zero-order valence-electron chi connectivity index (χ0n) is 8.65. The van der Waals surface area contributed by atoms with Crippen molar-refractivity contribution in [3.05, 3.63) is 34.3 Å². The van der Waals surface area contributed by atoms with Gasteiger partial charge < -0.3 is 5.73 Å². The van der Waals surface area contributed by atoms with E-state index >= 15 is 0 Å². The Morgan fingerprint density at radius 3 is 2.12 bits per heavy atom. The summed E-state index contributed by atoms with van der Waals surface area (Å²) in [6, 6.07) is 2.56. The molecule has 1 atom stereocenters. The van der Waals surface area contributed by atoms with Crippen LogP contribution in [0.2, 0.25) is 5.02 Å². The minimum absolute atomic E-state index is 0.189. The molecule has 0 aliphatic heterocycles. The lowest BCUT2D eigenvalue weighted by Gasteiger charge is -2.27. The summed E-state index contributed by atoms with van der Waals surface area (Å²) in [5.41, 5.74) is 0.939. The third kappa shape index (κ3) is 2.87. The lowest BCUT2D eigenvalue weighted by atomic mass is 9.89. The fourth-order valence-electron chi connectivity index (χ4n) is 1.34. The fourth-order valence-corrected chi connectivity index (χ4v) is 1.51. The second-order valence-electron chi connectivity index (χ2n) is 3.77. The number of halogens is 6. The van der Waals surface area contributed by atoms with Crippen molar-refractivity contribution in [2.45, 2.75) is 25.1 Å². The Balaban J connectivity index is 3.44. The third-order valence-corrected chi connectivity index (χ3v) is 2.56. The predicted octanol–water partition coefficient (Wildman–Crippen LogP) is 3.80. The molecule has 1 nitrogen and oxygen atoms in total. The van der Waals surface area contributed by atoms with Crippen LogP contribution in [0.3, 0.4) is 0 Å². The van der Waals surface area contributed by atoms with E-state index in [4.69, 9.17) is 17.3 Å². The number of nitrogens with two attached hydrogens (primary N) is 1. The van der Waals surface area contributed by atoms with E-state index in [2.05, 4.69) is 0 Å². The molecule has 0 amide bonds. The number of hydrogen-bond donors (Lipinski definition) is 1. The summed E-state index contributed by atoms with van der Waals surface area (Å²) in [6.07, 6.45) is -7.90. The fraction of sp³-hybridized carbons (Fsp3) is 0.400. The van der Waals surface area contributed by atoms with Gasteiger partial charge in [0.25, 0.3) is 6.43 Å². The van der Waals surface area contributed by atoms with Crippen LogP contribution in [0.1, 0.15) is 18.1 Å². The first-order valence-corrected chi connectivity index (χ1v) is 4.89.